The number of rotatable bonds is 5. The number of phenolic OH excluding ortho intramolecular Hbond substituents is 1. The minimum atomic E-state index is -0.425. The van der Waals surface area contributed by atoms with Crippen LogP contribution in [0.15, 0.2) is 89.9 Å². The fourth-order valence-corrected chi connectivity index (χ4v) is 4.74. The Balaban J connectivity index is 1.60. The summed E-state index contributed by atoms with van der Waals surface area (Å²) in [4.78, 5) is 20.8. The summed E-state index contributed by atoms with van der Waals surface area (Å²) in [6, 6.07) is 24.8. The van der Waals surface area contributed by atoms with Crippen LogP contribution < -0.4 is 0 Å². The molecular formula is C26H16ClN3O3S. The second kappa shape index (κ2) is 9.05. The molecule has 0 aliphatic heterocycles. The molecule has 5 rings (SSSR count). The third kappa shape index (κ3) is 4.26. The average molecular weight is 486 g/mol. The number of benzene rings is 4. The zero-order valence-electron chi connectivity index (χ0n) is 17.6. The van der Waals surface area contributed by atoms with Gasteiger partial charge < -0.3 is 5.11 Å². The molecule has 4 aromatic carbocycles. The molecule has 0 amide bonds. The first-order valence-electron chi connectivity index (χ1n) is 10.3. The van der Waals surface area contributed by atoms with Gasteiger partial charge in [-0.1, -0.05) is 65.4 Å². The van der Waals surface area contributed by atoms with Crippen molar-refractivity contribution in [2.24, 2.45) is 4.99 Å². The number of aliphatic imine (C=N–C) groups is 1. The number of thiazole rings is 1. The minimum absolute atomic E-state index is 0.0234. The van der Waals surface area contributed by atoms with E-state index in [1.165, 1.54) is 23.5 Å². The summed E-state index contributed by atoms with van der Waals surface area (Å²) >= 11 is 7.44. The van der Waals surface area contributed by atoms with Crippen LogP contribution in [0.25, 0.3) is 32.5 Å². The summed E-state index contributed by atoms with van der Waals surface area (Å²) < 4.78 is 0. The molecule has 1 heterocycles. The number of nitro benzene ring substituents is 1. The summed E-state index contributed by atoms with van der Waals surface area (Å²) in [5.74, 6) is 0.187. The Kier molecular flexibility index (Phi) is 5.79. The van der Waals surface area contributed by atoms with E-state index in [-0.39, 0.29) is 11.4 Å². The summed E-state index contributed by atoms with van der Waals surface area (Å²) in [7, 11) is 0. The molecule has 0 bridgehead atoms. The fourth-order valence-electron chi connectivity index (χ4n) is 3.68. The highest BCUT2D eigenvalue weighted by molar-refractivity contribution is 7.19. The predicted octanol–water partition coefficient (Wildman–Crippen LogP) is 7.65. The van der Waals surface area contributed by atoms with Gasteiger partial charge in [0.15, 0.2) is 0 Å². The van der Waals surface area contributed by atoms with Crippen LogP contribution in [0.2, 0.25) is 5.02 Å². The van der Waals surface area contributed by atoms with Gasteiger partial charge in [-0.05, 0) is 41.3 Å². The van der Waals surface area contributed by atoms with Crippen molar-refractivity contribution in [3.05, 3.63) is 106 Å². The van der Waals surface area contributed by atoms with Crippen LogP contribution in [-0.2, 0) is 0 Å². The van der Waals surface area contributed by atoms with E-state index in [1.54, 1.807) is 42.6 Å². The minimum Gasteiger partial charge on any atom is -0.507 e. The summed E-state index contributed by atoms with van der Waals surface area (Å²) in [6.45, 7) is 0. The molecule has 0 radical (unpaired) electrons. The number of nitro groups is 1. The van der Waals surface area contributed by atoms with E-state index >= 15 is 0 Å². The molecule has 166 valence electrons. The number of non-ortho nitro benzene ring substituents is 1. The lowest BCUT2D eigenvalue weighted by Crippen LogP contribution is -1.87. The van der Waals surface area contributed by atoms with Crippen LogP contribution >= 0.6 is 22.9 Å². The summed E-state index contributed by atoms with van der Waals surface area (Å²) in [6.07, 6.45) is 1.69. The number of fused-ring (bicyclic) bond motifs is 1. The van der Waals surface area contributed by atoms with E-state index in [2.05, 4.69) is 4.99 Å². The number of nitrogens with zero attached hydrogens (tertiary/aromatic N) is 3. The van der Waals surface area contributed by atoms with Gasteiger partial charge in [-0.2, -0.15) is 0 Å². The Morgan fingerprint density at radius 3 is 2.32 bits per heavy atom. The quantitative estimate of drug-likeness (QED) is 0.157. The Labute approximate surface area is 203 Å². The molecule has 8 heteroatoms. The second-order valence-electron chi connectivity index (χ2n) is 7.47. The van der Waals surface area contributed by atoms with E-state index in [0.29, 0.717) is 15.8 Å². The van der Waals surface area contributed by atoms with Crippen LogP contribution in [0.4, 0.5) is 10.8 Å². The third-order valence-corrected chi connectivity index (χ3v) is 6.57. The Morgan fingerprint density at radius 1 is 0.941 bits per heavy atom. The van der Waals surface area contributed by atoms with Crippen molar-refractivity contribution < 1.29 is 10.0 Å². The number of hydrogen-bond acceptors (Lipinski definition) is 6. The predicted molar refractivity (Wildman–Crippen MR) is 138 cm³/mol. The van der Waals surface area contributed by atoms with E-state index in [9.17, 15) is 15.2 Å². The molecule has 0 saturated carbocycles. The smallest absolute Gasteiger partial charge is 0.269 e. The zero-order chi connectivity index (χ0) is 23.7. The largest absolute Gasteiger partial charge is 0.507 e. The van der Waals surface area contributed by atoms with Gasteiger partial charge in [-0.15, -0.1) is 0 Å². The third-order valence-electron chi connectivity index (χ3n) is 5.30. The first-order chi connectivity index (χ1) is 16.5. The number of phenols is 1. The van der Waals surface area contributed by atoms with Gasteiger partial charge in [-0.3, -0.25) is 10.1 Å². The SMILES string of the molecule is O=[N+]([O-])c1ccc(-c2sc(/N=C/c3cccc4cccc(O)c34)nc2-c2ccc(Cl)cc2)cc1. The topological polar surface area (TPSA) is 88.6 Å². The molecule has 0 spiro atoms. The van der Waals surface area contributed by atoms with Gasteiger partial charge in [0.1, 0.15) is 5.75 Å². The van der Waals surface area contributed by atoms with Crippen molar-refractivity contribution in [2.45, 2.75) is 0 Å². The average Bonchev–Trinajstić information content (AvgIpc) is 3.27. The molecule has 0 aliphatic carbocycles. The first kappa shape index (κ1) is 21.8. The highest BCUT2D eigenvalue weighted by atomic mass is 35.5. The van der Waals surface area contributed by atoms with Gasteiger partial charge in [0.05, 0.1) is 15.5 Å². The molecule has 6 nitrogen and oxygen atoms in total. The van der Waals surface area contributed by atoms with Crippen molar-refractivity contribution in [2.75, 3.05) is 0 Å². The maximum Gasteiger partial charge on any atom is 0.269 e. The molecule has 0 unspecified atom stereocenters. The van der Waals surface area contributed by atoms with Gasteiger partial charge in [0, 0.05) is 39.9 Å². The van der Waals surface area contributed by atoms with Crippen molar-refractivity contribution in [3.63, 3.8) is 0 Å². The molecule has 0 fully saturated rings. The van der Waals surface area contributed by atoms with E-state index in [0.717, 1.165) is 32.3 Å². The van der Waals surface area contributed by atoms with E-state index in [1.807, 2.05) is 36.4 Å². The summed E-state index contributed by atoms with van der Waals surface area (Å²) in [5.41, 5.74) is 3.17. The maximum absolute atomic E-state index is 11.1. The fraction of sp³-hybridized carbons (Fsp3) is 0. The van der Waals surface area contributed by atoms with Crippen LogP contribution in [0, 0.1) is 10.1 Å². The summed E-state index contributed by atoms with van der Waals surface area (Å²) in [5, 5.41) is 24.2. The van der Waals surface area contributed by atoms with Crippen molar-refractivity contribution in [1.82, 2.24) is 4.98 Å². The maximum atomic E-state index is 11.1. The van der Waals surface area contributed by atoms with Crippen molar-refractivity contribution in [3.8, 4) is 27.4 Å². The lowest BCUT2D eigenvalue weighted by Gasteiger charge is -2.03. The number of aromatic nitrogens is 1. The van der Waals surface area contributed by atoms with Gasteiger partial charge >= 0.3 is 0 Å². The highest BCUT2D eigenvalue weighted by Gasteiger charge is 2.16. The van der Waals surface area contributed by atoms with Crippen molar-refractivity contribution in [1.29, 1.82) is 0 Å². The van der Waals surface area contributed by atoms with E-state index < -0.39 is 4.92 Å². The molecule has 1 N–H and O–H groups in total. The molecule has 1 aromatic heterocycles. The first-order valence-corrected chi connectivity index (χ1v) is 11.5. The van der Waals surface area contributed by atoms with E-state index in [4.69, 9.17) is 16.6 Å². The Hall–Kier alpha value is -4.07. The second-order valence-corrected chi connectivity index (χ2v) is 8.88. The lowest BCUT2D eigenvalue weighted by atomic mass is 10.0. The van der Waals surface area contributed by atoms with Gasteiger partial charge in [0.25, 0.3) is 5.69 Å². The van der Waals surface area contributed by atoms with Crippen LogP contribution in [-0.4, -0.2) is 21.2 Å². The normalized spacial score (nSPS) is 11.3. The zero-order valence-corrected chi connectivity index (χ0v) is 19.1. The molecule has 34 heavy (non-hydrogen) atoms. The van der Waals surface area contributed by atoms with Crippen LogP contribution in [0.5, 0.6) is 5.75 Å². The highest BCUT2D eigenvalue weighted by Crippen LogP contribution is 2.41. The lowest BCUT2D eigenvalue weighted by molar-refractivity contribution is -0.384. The van der Waals surface area contributed by atoms with Crippen LogP contribution in [0.1, 0.15) is 5.56 Å². The van der Waals surface area contributed by atoms with Gasteiger partial charge in [-0.25, -0.2) is 9.98 Å². The molecule has 5 aromatic rings. The molecular weight excluding hydrogens is 470 g/mol. The molecule has 0 saturated heterocycles. The van der Waals surface area contributed by atoms with Crippen molar-refractivity contribution >= 4 is 50.7 Å². The van der Waals surface area contributed by atoms with Crippen LogP contribution in [0.3, 0.4) is 0 Å². The molecule has 0 atom stereocenters. The number of hydrogen-bond donors (Lipinski definition) is 1. The Morgan fingerprint density at radius 2 is 1.62 bits per heavy atom. The monoisotopic (exact) mass is 485 g/mol. The number of aromatic hydroxyl groups is 1. The number of halogens is 1. The Bertz CT molecular complexity index is 1540. The standard InChI is InChI=1S/C26H16ClN3O3S/c27-20-11-7-17(8-12-20)24-25(18-9-13-21(14-10-18)30(32)33)34-26(29-24)28-15-19-5-1-3-16-4-2-6-22(31)23(16)19/h1-15,31H/b28-15+. The molecule has 0 aliphatic rings. The van der Waals surface area contributed by atoms with Gasteiger partial charge in [0.2, 0.25) is 5.13 Å².